The van der Waals surface area contributed by atoms with E-state index in [9.17, 15) is 9.82 Å². The van der Waals surface area contributed by atoms with Crippen molar-refractivity contribution < 1.29 is 24.3 Å². The summed E-state index contributed by atoms with van der Waals surface area (Å²) in [4.78, 5) is 11.8. The standard InChI is InChI=1S/C12H16BNO5/c1-14(12(15)16)6-3-7-18-10-5-2-4-9-8-19-13(17)11(9)10/h2,4-5,17H,3,6-8H2,1H3,(H,15,16). The van der Waals surface area contributed by atoms with Gasteiger partial charge in [-0.3, -0.25) is 0 Å². The van der Waals surface area contributed by atoms with Crippen LogP contribution in [-0.2, 0) is 11.3 Å². The summed E-state index contributed by atoms with van der Waals surface area (Å²) in [5, 5.41) is 18.4. The number of amides is 1. The predicted octanol–water partition coefficient (Wildman–Crippen LogP) is 0.283. The lowest BCUT2D eigenvalue weighted by atomic mass is 9.79. The third-order valence-corrected chi connectivity index (χ3v) is 3.02. The van der Waals surface area contributed by atoms with Gasteiger partial charge < -0.3 is 24.4 Å². The van der Waals surface area contributed by atoms with Gasteiger partial charge in [0.05, 0.1) is 13.2 Å². The van der Waals surface area contributed by atoms with E-state index in [2.05, 4.69) is 0 Å². The van der Waals surface area contributed by atoms with Gasteiger partial charge >= 0.3 is 13.2 Å². The number of ether oxygens (including phenoxy) is 1. The van der Waals surface area contributed by atoms with Crippen LogP contribution >= 0.6 is 0 Å². The number of carboxylic acid groups (broad SMARTS) is 1. The molecule has 0 bridgehead atoms. The lowest BCUT2D eigenvalue weighted by Crippen LogP contribution is -2.30. The highest BCUT2D eigenvalue weighted by Gasteiger charge is 2.30. The minimum absolute atomic E-state index is 0.384. The summed E-state index contributed by atoms with van der Waals surface area (Å²) in [6, 6.07) is 5.51. The SMILES string of the molecule is CN(CCCOc1cccc2c1B(O)OC2)C(=O)O. The van der Waals surface area contributed by atoms with Crippen molar-refractivity contribution in [3.8, 4) is 5.75 Å². The van der Waals surface area contributed by atoms with Crippen molar-refractivity contribution in [2.45, 2.75) is 13.0 Å². The Balaban J connectivity index is 1.87. The fraction of sp³-hybridized carbons (Fsp3) is 0.417. The van der Waals surface area contributed by atoms with Gasteiger partial charge in [0.2, 0.25) is 0 Å². The van der Waals surface area contributed by atoms with Crippen LogP contribution in [0.2, 0.25) is 0 Å². The number of benzene rings is 1. The van der Waals surface area contributed by atoms with Crippen LogP contribution in [0.3, 0.4) is 0 Å². The van der Waals surface area contributed by atoms with Crippen molar-refractivity contribution in [3.05, 3.63) is 23.8 Å². The Morgan fingerprint density at radius 2 is 2.37 bits per heavy atom. The summed E-state index contributed by atoms with van der Waals surface area (Å²) in [7, 11) is 0.577. The monoisotopic (exact) mass is 265 g/mol. The average molecular weight is 265 g/mol. The van der Waals surface area contributed by atoms with Gasteiger partial charge in [0.1, 0.15) is 5.75 Å². The van der Waals surface area contributed by atoms with Crippen molar-refractivity contribution in [1.82, 2.24) is 4.90 Å². The van der Waals surface area contributed by atoms with Crippen molar-refractivity contribution in [1.29, 1.82) is 0 Å². The second-order valence-corrected chi connectivity index (χ2v) is 4.40. The van der Waals surface area contributed by atoms with Gasteiger partial charge in [0.15, 0.2) is 0 Å². The number of carbonyl (C=O) groups is 1. The molecule has 0 saturated carbocycles. The third-order valence-electron chi connectivity index (χ3n) is 3.02. The quantitative estimate of drug-likeness (QED) is 0.590. The predicted molar refractivity (Wildman–Crippen MR) is 69.6 cm³/mol. The van der Waals surface area contributed by atoms with Gasteiger partial charge in [-0.25, -0.2) is 4.79 Å². The molecule has 1 amide bonds. The largest absolute Gasteiger partial charge is 0.495 e. The van der Waals surface area contributed by atoms with Crippen molar-refractivity contribution >= 4 is 18.7 Å². The molecule has 19 heavy (non-hydrogen) atoms. The van der Waals surface area contributed by atoms with Gasteiger partial charge in [-0.1, -0.05) is 12.1 Å². The summed E-state index contributed by atoms with van der Waals surface area (Å²) >= 11 is 0. The third kappa shape index (κ3) is 3.18. The Labute approximate surface area is 111 Å². The van der Waals surface area contributed by atoms with Crippen LogP contribution in [0.4, 0.5) is 4.79 Å². The first-order chi connectivity index (χ1) is 9.09. The summed E-state index contributed by atoms with van der Waals surface area (Å²) in [5.74, 6) is 0.598. The molecule has 7 heteroatoms. The highest BCUT2D eigenvalue weighted by atomic mass is 16.5. The second kappa shape index (κ2) is 5.94. The number of fused-ring (bicyclic) bond motifs is 1. The van der Waals surface area contributed by atoms with Crippen LogP contribution in [0.5, 0.6) is 5.75 Å². The lowest BCUT2D eigenvalue weighted by molar-refractivity contribution is 0.152. The van der Waals surface area contributed by atoms with Gasteiger partial charge in [0.25, 0.3) is 0 Å². The van der Waals surface area contributed by atoms with Gasteiger partial charge in [-0.05, 0) is 18.1 Å². The molecule has 1 aromatic carbocycles. The van der Waals surface area contributed by atoms with Crippen LogP contribution in [0, 0.1) is 0 Å². The summed E-state index contributed by atoms with van der Waals surface area (Å²) in [6.07, 6.45) is -0.368. The van der Waals surface area contributed by atoms with Crippen molar-refractivity contribution in [2.24, 2.45) is 0 Å². The minimum Gasteiger partial charge on any atom is -0.494 e. The Bertz CT molecular complexity index is 467. The summed E-state index contributed by atoms with van der Waals surface area (Å²) in [5.41, 5.74) is 1.60. The van der Waals surface area contributed by atoms with Crippen molar-refractivity contribution in [3.63, 3.8) is 0 Å². The molecule has 0 aromatic heterocycles. The zero-order valence-electron chi connectivity index (χ0n) is 10.7. The summed E-state index contributed by atoms with van der Waals surface area (Å²) < 4.78 is 10.7. The van der Waals surface area contributed by atoms with E-state index in [0.717, 1.165) is 5.56 Å². The first-order valence-corrected chi connectivity index (χ1v) is 6.08. The number of hydrogen-bond donors (Lipinski definition) is 2. The van der Waals surface area contributed by atoms with Gasteiger partial charge in [-0.2, -0.15) is 0 Å². The van der Waals surface area contributed by atoms with Crippen LogP contribution in [-0.4, -0.2) is 48.4 Å². The van der Waals surface area contributed by atoms with E-state index < -0.39 is 13.2 Å². The zero-order chi connectivity index (χ0) is 13.8. The smallest absolute Gasteiger partial charge is 0.494 e. The van der Waals surface area contributed by atoms with E-state index in [4.69, 9.17) is 14.5 Å². The molecule has 0 spiro atoms. The first kappa shape index (κ1) is 13.7. The molecule has 0 unspecified atom stereocenters. The minimum atomic E-state index is -0.954. The lowest BCUT2D eigenvalue weighted by Gasteiger charge is -2.14. The molecule has 1 heterocycles. The molecule has 2 N–H and O–H groups in total. The molecule has 1 aliphatic rings. The molecule has 0 saturated heterocycles. The molecule has 1 aliphatic heterocycles. The molecule has 0 fully saturated rings. The topological polar surface area (TPSA) is 79.2 Å². The molecule has 0 radical (unpaired) electrons. The molecule has 6 nitrogen and oxygen atoms in total. The molecule has 2 rings (SSSR count). The molecule has 0 aliphatic carbocycles. The molecule has 1 aromatic rings. The maximum atomic E-state index is 10.6. The van der Waals surface area contributed by atoms with Crippen LogP contribution < -0.4 is 10.2 Å². The van der Waals surface area contributed by atoms with E-state index in [1.807, 2.05) is 12.1 Å². The molecule has 0 atom stereocenters. The molecular weight excluding hydrogens is 249 g/mol. The Hall–Kier alpha value is -1.73. The van der Waals surface area contributed by atoms with E-state index in [-0.39, 0.29) is 0 Å². The Morgan fingerprint density at radius 1 is 1.58 bits per heavy atom. The highest BCUT2D eigenvalue weighted by Crippen LogP contribution is 2.18. The molecular formula is C12H16BNO5. The Morgan fingerprint density at radius 3 is 3.11 bits per heavy atom. The number of hydrogen-bond acceptors (Lipinski definition) is 4. The number of rotatable bonds is 5. The summed E-state index contributed by atoms with van der Waals surface area (Å²) in [6.45, 7) is 1.18. The normalized spacial score (nSPS) is 13.3. The van der Waals surface area contributed by atoms with Crippen molar-refractivity contribution in [2.75, 3.05) is 20.2 Å². The zero-order valence-corrected chi connectivity index (χ0v) is 10.7. The maximum Gasteiger partial charge on any atom is 0.495 e. The maximum absolute atomic E-state index is 10.6. The van der Waals surface area contributed by atoms with E-state index in [0.29, 0.717) is 37.4 Å². The van der Waals surface area contributed by atoms with Gasteiger partial charge in [-0.15, -0.1) is 0 Å². The fourth-order valence-electron chi connectivity index (χ4n) is 1.95. The van der Waals surface area contributed by atoms with Gasteiger partial charge in [0, 0.05) is 19.1 Å². The van der Waals surface area contributed by atoms with Crippen LogP contribution in [0.15, 0.2) is 18.2 Å². The van der Waals surface area contributed by atoms with E-state index in [1.54, 1.807) is 6.07 Å². The second-order valence-electron chi connectivity index (χ2n) is 4.40. The highest BCUT2D eigenvalue weighted by molar-refractivity contribution is 6.62. The fourth-order valence-corrected chi connectivity index (χ4v) is 1.95. The molecule has 102 valence electrons. The first-order valence-electron chi connectivity index (χ1n) is 6.08. The van der Waals surface area contributed by atoms with E-state index >= 15 is 0 Å². The average Bonchev–Trinajstić information content (AvgIpc) is 2.77. The Kier molecular flexibility index (Phi) is 4.29. The van der Waals surface area contributed by atoms with Crippen LogP contribution in [0.25, 0.3) is 0 Å². The number of nitrogens with zero attached hydrogens (tertiary/aromatic N) is 1. The van der Waals surface area contributed by atoms with Crippen LogP contribution in [0.1, 0.15) is 12.0 Å². The van der Waals surface area contributed by atoms with E-state index in [1.165, 1.54) is 11.9 Å².